The fourth-order valence-corrected chi connectivity index (χ4v) is 2.17. The Bertz CT molecular complexity index is 436. The Morgan fingerprint density at radius 1 is 1.20 bits per heavy atom. The van der Waals surface area contributed by atoms with Crippen molar-refractivity contribution in [2.45, 2.75) is 19.0 Å². The number of hydrogen-bond donors (Lipinski definition) is 1. The van der Waals surface area contributed by atoms with Crippen LogP contribution < -0.4 is 5.32 Å². The molecule has 1 aromatic rings. The van der Waals surface area contributed by atoms with Crippen LogP contribution >= 0.6 is 0 Å². The molecular weight excluding hydrogens is 258 g/mol. The normalized spacial score (nSPS) is 17.6. The van der Waals surface area contributed by atoms with E-state index in [0.29, 0.717) is 32.8 Å². The number of carbonyl (C=O) groups excluding carboxylic acids is 1. The number of methoxy groups -OCH3 is 1. The Hall–Kier alpha value is -1.43. The summed E-state index contributed by atoms with van der Waals surface area (Å²) >= 11 is 0. The standard InChI is InChI=1S/C15H21NO4/c1-18-6-7-19-8-9-20-15(17)14-10-12-4-2-3-5-13(12)11-16-14/h2-5,14,16H,6-11H2,1H3/t14-/m0/s1. The van der Waals surface area contributed by atoms with Gasteiger partial charge >= 0.3 is 5.97 Å². The van der Waals surface area contributed by atoms with E-state index in [1.165, 1.54) is 11.1 Å². The molecule has 2 rings (SSSR count). The van der Waals surface area contributed by atoms with Gasteiger partial charge in [0.05, 0.1) is 19.8 Å². The number of ether oxygens (including phenoxy) is 3. The Morgan fingerprint density at radius 3 is 2.75 bits per heavy atom. The third kappa shape index (κ3) is 4.30. The quantitative estimate of drug-likeness (QED) is 0.594. The lowest BCUT2D eigenvalue weighted by molar-refractivity contribution is -0.148. The van der Waals surface area contributed by atoms with Crippen LogP contribution in [0.1, 0.15) is 11.1 Å². The van der Waals surface area contributed by atoms with Crippen molar-refractivity contribution in [2.24, 2.45) is 0 Å². The smallest absolute Gasteiger partial charge is 0.323 e. The first-order chi connectivity index (χ1) is 9.81. The SMILES string of the molecule is COCCOCCOC(=O)[C@@H]1Cc2ccccc2CN1. The van der Waals surface area contributed by atoms with Crippen molar-refractivity contribution in [3.05, 3.63) is 35.4 Å². The van der Waals surface area contributed by atoms with Crippen LogP contribution in [0.3, 0.4) is 0 Å². The van der Waals surface area contributed by atoms with Crippen molar-refractivity contribution in [3.8, 4) is 0 Å². The maximum atomic E-state index is 11.9. The molecule has 1 aromatic carbocycles. The highest BCUT2D eigenvalue weighted by Gasteiger charge is 2.24. The molecule has 1 aliphatic rings. The summed E-state index contributed by atoms with van der Waals surface area (Å²) in [6.45, 7) is 2.46. The molecule has 0 radical (unpaired) electrons. The number of esters is 1. The summed E-state index contributed by atoms with van der Waals surface area (Å²) < 4.78 is 15.3. The molecule has 0 bridgehead atoms. The van der Waals surface area contributed by atoms with Gasteiger partial charge in [0.25, 0.3) is 0 Å². The Balaban J connectivity index is 1.69. The van der Waals surface area contributed by atoms with Gasteiger partial charge in [-0.1, -0.05) is 24.3 Å². The lowest BCUT2D eigenvalue weighted by atomic mass is 9.96. The molecule has 1 atom stereocenters. The minimum absolute atomic E-state index is 0.213. The zero-order valence-electron chi connectivity index (χ0n) is 11.8. The van der Waals surface area contributed by atoms with Crippen LogP contribution in [-0.2, 0) is 32.0 Å². The first-order valence-corrected chi connectivity index (χ1v) is 6.84. The van der Waals surface area contributed by atoms with E-state index >= 15 is 0 Å². The summed E-state index contributed by atoms with van der Waals surface area (Å²) in [5.74, 6) is -0.213. The lowest BCUT2D eigenvalue weighted by Crippen LogP contribution is -2.43. The van der Waals surface area contributed by atoms with Crippen LogP contribution in [0.25, 0.3) is 0 Å². The molecule has 20 heavy (non-hydrogen) atoms. The van der Waals surface area contributed by atoms with Crippen molar-refractivity contribution >= 4 is 5.97 Å². The minimum Gasteiger partial charge on any atom is -0.462 e. The van der Waals surface area contributed by atoms with E-state index in [0.717, 1.165) is 0 Å². The summed E-state index contributed by atoms with van der Waals surface area (Å²) in [4.78, 5) is 11.9. The van der Waals surface area contributed by atoms with Gasteiger partial charge in [-0.15, -0.1) is 0 Å². The van der Waals surface area contributed by atoms with Crippen molar-refractivity contribution in [1.82, 2.24) is 5.32 Å². The Kier molecular flexibility index (Phi) is 5.98. The number of fused-ring (bicyclic) bond motifs is 1. The van der Waals surface area contributed by atoms with E-state index in [9.17, 15) is 4.79 Å². The molecule has 0 spiro atoms. The fourth-order valence-electron chi connectivity index (χ4n) is 2.17. The first-order valence-electron chi connectivity index (χ1n) is 6.84. The van der Waals surface area contributed by atoms with Crippen LogP contribution in [0.15, 0.2) is 24.3 Å². The highest BCUT2D eigenvalue weighted by Crippen LogP contribution is 2.16. The van der Waals surface area contributed by atoms with Gasteiger partial charge in [-0.05, 0) is 17.5 Å². The monoisotopic (exact) mass is 279 g/mol. The number of nitrogens with one attached hydrogen (secondary N) is 1. The molecule has 1 aliphatic heterocycles. The largest absolute Gasteiger partial charge is 0.462 e. The summed E-state index contributed by atoms with van der Waals surface area (Å²) in [6.07, 6.45) is 0.680. The average Bonchev–Trinajstić information content (AvgIpc) is 2.50. The zero-order valence-corrected chi connectivity index (χ0v) is 11.8. The molecule has 0 saturated heterocycles. The lowest BCUT2D eigenvalue weighted by Gasteiger charge is -2.24. The summed E-state index contributed by atoms with van der Waals surface area (Å²) in [7, 11) is 1.62. The van der Waals surface area contributed by atoms with Gasteiger partial charge in [-0.3, -0.25) is 4.79 Å². The van der Waals surface area contributed by atoms with Crippen LogP contribution in [0.5, 0.6) is 0 Å². The summed E-state index contributed by atoms with van der Waals surface area (Å²) in [5.41, 5.74) is 2.46. The molecule has 0 fully saturated rings. The van der Waals surface area contributed by atoms with Gasteiger partial charge in [0.15, 0.2) is 0 Å². The zero-order chi connectivity index (χ0) is 14.2. The third-order valence-electron chi connectivity index (χ3n) is 3.27. The van der Waals surface area contributed by atoms with Gasteiger partial charge in [0.1, 0.15) is 12.6 Å². The fraction of sp³-hybridized carbons (Fsp3) is 0.533. The van der Waals surface area contributed by atoms with E-state index < -0.39 is 0 Å². The molecule has 1 N–H and O–H groups in total. The molecule has 0 saturated carbocycles. The van der Waals surface area contributed by atoms with Crippen LogP contribution in [0, 0.1) is 0 Å². The van der Waals surface area contributed by atoms with Crippen LogP contribution in [0.2, 0.25) is 0 Å². The van der Waals surface area contributed by atoms with Gasteiger partial charge in [0, 0.05) is 13.7 Å². The molecule has 5 nitrogen and oxygen atoms in total. The topological polar surface area (TPSA) is 56.8 Å². The van der Waals surface area contributed by atoms with Crippen molar-refractivity contribution in [3.63, 3.8) is 0 Å². The maximum absolute atomic E-state index is 11.9. The van der Waals surface area contributed by atoms with Crippen molar-refractivity contribution in [2.75, 3.05) is 33.5 Å². The van der Waals surface area contributed by atoms with Crippen LogP contribution in [-0.4, -0.2) is 45.5 Å². The van der Waals surface area contributed by atoms with Crippen molar-refractivity contribution < 1.29 is 19.0 Å². The van der Waals surface area contributed by atoms with E-state index in [2.05, 4.69) is 17.4 Å². The number of benzene rings is 1. The molecule has 0 aromatic heterocycles. The Morgan fingerprint density at radius 2 is 1.95 bits per heavy atom. The molecule has 5 heteroatoms. The average molecular weight is 279 g/mol. The molecule has 0 amide bonds. The summed E-state index contributed by atoms with van der Waals surface area (Å²) in [6, 6.07) is 7.88. The van der Waals surface area contributed by atoms with Crippen molar-refractivity contribution in [1.29, 1.82) is 0 Å². The molecule has 0 unspecified atom stereocenters. The second-order valence-corrected chi connectivity index (χ2v) is 4.68. The number of hydrogen-bond acceptors (Lipinski definition) is 5. The highest BCUT2D eigenvalue weighted by molar-refractivity contribution is 5.76. The van der Waals surface area contributed by atoms with E-state index in [4.69, 9.17) is 14.2 Å². The second kappa shape index (κ2) is 7.99. The van der Waals surface area contributed by atoms with E-state index in [1.807, 2.05) is 12.1 Å². The predicted molar refractivity (Wildman–Crippen MR) is 74.4 cm³/mol. The van der Waals surface area contributed by atoms with Gasteiger partial charge in [-0.2, -0.15) is 0 Å². The van der Waals surface area contributed by atoms with E-state index in [-0.39, 0.29) is 18.6 Å². The third-order valence-corrected chi connectivity index (χ3v) is 3.27. The van der Waals surface area contributed by atoms with Gasteiger partial charge in [-0.25, -0.2) is 0 Å². The van der Waals surface area contributed by atoms with Gasteiger partial charge < -0.3 is 19.5 Å². The predicted octanol–water partition coefficient (Wildman–Crippen LogP) is 0.907. The Labute approximate surface area is 119 Å². The van der Waals surface area contributed by atoms with Crippen LogP contribution in [0.4, 0.5) is 0 Å². The number of rotatable bonds is 7. The molecule has 1 heterocycles. The molecular formula is C15H21NO4. The molecule has 0 aliphatic carbocycles. The minimum atomic E-state index is -0.260. The summed E-state index contributed by atoms with van der Waals surface area (Å²) in [5, 5.41) is 3.20. The van der Waals surface area contributed by atoms with E-state index in [1.54, 1.807) is 7.11 Å². The molecule has 110 valence electrons. The first kappa shape index (κ1) is 15.0. The number of carbonyl (C=O) groups is 1. The maximum Gasteiger partial charge on any atom is 0.323 e. The highest BCUT2D eigenvalue weighted by atomic mass is 16.6. The second-order valence-electron chi connectivity index (χ2n) is 4.68. The van der Waals surface area contributed by atoms with Gasteiger partial charge in [0.2, 0.25) is 0 Å².